The summed E-state index contributed by atoms with van der Waals surface area (Å²) in [5.74, 6) is 1.55. The van der Waals surface area contributed by atoms with Gasteiger partial charge < -0.3 is 38.3 Å². The van der Waals surface area contributed by atoms with Gasteiger partial charge in [0.15, 0.2) is 6.29 Å². The number of hydrogen-bond donors (Lipinski definition) is 1. The van der Waals surface area contributed by atoms with Gasteiger partial charge in [-0.3, -0.25) is 0 Å². The van der Waals surface area contributed by atoms with Gasteiger partial charge in [-0.2, -0.15) is 0 Å². The first-order valence-corrected chi connectivity index (χ1v) is 13.6. The molecule has 2 unspecified atom stereocenters. The minimum absolute atomic E-state index is 0.275. The number of aliphatic hydroxyl groups is 1. The van der Waals surface area contributed by atoms with Gasteiger partial charge in [0.1, 0.15) is 35.9 Å². The zero-order chi connectivity index (χ0) is 27.2. The van der Waals surface area contributed by atoms with Crippen molar-refractivity contribution in [1.29, 1.82) is 0 Å². The Hall–Kier alpha value is -2.20. The average Bonchev–Trinajstić information content (AvgIpc) is 2.95. The molecule has 5 atom stereocenters. The van der Waals surface area contributed by atoms with Crippen molar-refractivity contribution in [3.8, 4) is 11.5 Å². The number of unbranched alkanes of at least 4 members (excludes halogenated alkanes) is 2. The van der Waals surface area contributed by atoms with Gasteiger partial charge in [-0.25, -0.2) is 0 Å². The molecule has 1 heterocycles. The molecule has 1 N–H and O–H groups in total. The van der Waals surface area contributed by atoms with E-state index >= 15 is 0 Å². The first kappa shape index (κ1) is 30.3. The monoisotopic (exact) mass is 532 g/mol. The van der Waals surface area contributed by atoms with Crippen LogP contribution in [0.25, 0.3) is 0 Å². The lowest BCUT2D eigenvalue weighted by Gasteiger charge is -2.44. The predicted octanol–water partition coefficient (Wildman–Crippen LogP) is 4.89. The Morgan fingerprint density at radius 2 is 1.21 bits per heavy atom. The second-order valence-corrected chi connectivity index (χ2v) is 9.43. The molecule has 38 heavy (non-hydrogen) atoms. The van der Waals surface area contributed by atoms with E-state index in [1.54, 1.807) is 14.2 Å². The lowest BCUT2D eigenvalue weighted by Crippen LogP contribution is -2.61. The summed E-state index contributed by atoms with van der Waals surface area (Å²) in [5, 5.41) is 11.1. The van der Waals surface area contributed by atoms with E-state index in [0.717, 1.165) is 48.3 Å². The largest absolute Gasteiger partial charge is 0.497 e. The smallest absolute Gasteiger partial charge is 0.184 e. The van der Waals surface area contributed by atoms with Crippen molar-refractivity contribution >= 4 is 0 Å². The Labute approximate surface area is 227 Å². The van der Waals surface area contributed by atoms with Gasteiger partial charge in [-0.15, -0.1) is 0 Å². The molecule has 1 fully saturated rings. The molecule has 0 aromatic heterocycles. The molecular weight excluding hydrogens is 488 g/mol. The van der Waals surface area contributed by atoms with Crippen LogP contribution < -0.4 is 9.47 Å². The maximum absolute atomic E-state index is 11.1. The molecule has 1 saturated heterocycles. The van der Waals surface area contributed by atoms with Gasteiger partial charge >= 0.3 is 0 Å². The average molecular weight is 533 g/mol. The van der Waals surface area contributed by atoms with Crippen LogP contribution in [0.4, 0.5) is 0 Å². The lowest BCUT2D eigenvalue weighted by molar-refractivity contribution is -0.315. The van der Waals surface area contributed by atoms with E-state index in [2.05, 4.69) is 13.8 Å². The fraction of sp³-hybridized carbons (Fsp3) is 0.600. The van der Waals surface area contributed by atoms with Gasteiger partial charge in [0.2, 0.25) is 0 Å². The summed E-state index contributed by atoms with van der Waals surface area (Å²) in [4.78, 5) is 0. The summed E-state index contributed by atoms with van der Waals surface area (Å²) in [6.45, 7) is 6.32. The summed E-state index contributed by atoms with van der Waals surface area (Å²) in [5.41, 5.74) is 1.92. The van der Waals surface area contributed by atoms with E-state index in [1.807, 2.05) is 48.5 Å². The molecule has 1 aliphatic rings. The summed E-state index contributed by atoms with van der Waals surface area (Å²) >= 11 is 0. The highest BCUT2D eigenvalue weighted by atomic mass is 16.7. The van der Waals surface area contributed by atoms with Crippen molar-refractivity contribution in [3.63, 3.8) is 0 Å². The third kappa shape index (κ3) is 9.22. The van der Waals surface area contributed by atoms with E-state index in [1.165, 1.54) is 0 Å². The van der Waals surface area contributed by atoms with E-state index in [0.29, 0.717) is 26.4 Å². The molecule has 0 radical (unpaired) electrons. The van der Waals surface area contributed by atoms with E-state index in [9.17, 15) is 5.11 Å². The van der Waals surface area contributed by atoms with Crippen molar-refractivity contribution in [2.75, 3.05) is 34.0 Å². The maximum atomic E-state index is 11.1. The third-order valence-corrected chi connectivity index (χ3v) is 6.54. The molecule has 2 aromatic carbocycles. The van der Waals surface area contributed by atoms with Crippen molar-refractivity contribution in [2.45, 2.75) is 83.5 Å². The van der Waals surface area contributed by atoms with Crippen LogP contribution in [0, 0.1) is 0 Å². The fourth-order valence-corrected chi connectivity index (χ4v) is 4.24. The highest BCUT2D eigenvalue weighted by Crippen LogP contribution is 2.30. The van der Waals surface area contributed by atoms with Crippen LogP contribution in [-0.2, 0) is 36.9 Å². The third-order valence-electron chi connectivity index (χ3n) is 6.54. The van der Waals surface area contributed by atoms with Crippen molar-refractivity contribution in [3.05, 3.63) is 59.7 Å². The molecule has 2 aromatic rings. The Bertz CT molecular complexity index is 888. The molecule has 212 valence electrons. The summed E-state index contributed by atoms with van der Waals surface area (Å²) in [7, 11) is 3.27. The van der Waals surface area contributed by atoms with Gasteiger partial charge in [0, 0.05) is 13.2 Å². The first-order chi connectivity index (χ1) is 18.6. The summed E-state index contributed by atoms with van der Waals surface area (Å²) in [6.07, 6.45) is 0.435. The van der Waals surface area contributed by atoms with Crippen LogP contribution in [0.2, 0.25) is 0 Å². The van der Waals surface area contributed by atoms with E-state index in [4.69, 9.17) is 33.2 Å². The number of ether oxygens (including phenoxy) is 7. The van der Waals surface area contributed by atoms with E-state index < -0.39 is 30.7 Å². The highest BCUT2D eigenvalue weighted by Gasteiger charge is 2.47. The second-order valence-electron chi connectivity index (χ2n) is 9.43. The standard InChI is InChI=1S/C30H44O8/c1-5-7-17-34-21-26-27(35-18-8-6-2)28(36-19-22-9-13-24(32-3)14-10-22)29(30(31)38-26)37-20-23-11-15-25(33-4)16-12-23/h9-16,26-31H,5-8,17-21H2,1-4H3/t26?,27-,28?,29-,30+/m0/s1. The molecule has 1 aliphatic heterocycles. The molecular formula is C30H44O8. The van der Waals surface area contributed by atoms with Crippen LogP contribution in [0.5, 0.6) is 11.5 Å². The molecule has 0 spiro atoms. The Morgan fingerprint density at radius 1 is 0.684 bits per heavy atom. The summed E-state index contributed by atoms with van der Waals surface area (Å²) < 4.78 is 41.4. The van der Waals surface area contributed by atoms with Gasteiger partial charge in [0.25, 0.3) is 0 Å². The molecule has 0 aliphatic carbocycles. The van der Waals surface area contributed by atoms with Gasteiger partial charge in [0.05, 0.1) is 34.0 Å². The second kappa shape index (κ2) is 16.7. The Balaban J connectivity index is 1.78. The molecule has 3 rings (SSSR count). The Morgan fingerprint density at radius 3 is 1.74 bits per heavy atom. The van der Waals surface area contributed by atoms with Crippen LogP contribution in [0.3, 0.4) is 0 Å². The minimum Gasteiger partial charge on any atom is -0.497 e. The molecule has 0 saturated carbocycles. The lowest BCUT2D eigenvalue weighted by atomic mass is 9.98. The van der Waals surface area contributed by atoms with Crippen LogP contribution in [-0.4, -0.2) is 69.9 Å². The van der Waals surface area contributed by atoms with Crippen LogP contribution in [0.1, 0.15) is 50.7 Å². The quantitative estimate of drug-likeness (QED) is 0.288. The first-order valence-electron chi connectivity index (χ1n) is 13.6. The van der Waals surface area contributed by atoms with Gasteiger partial charge in [-0.1, -0.05) is 51.0 Å². The minimum atomic E-state index is -1.19. The number of hydrogen-bond acceptors (Lipinski definition) is 8. The predicted molar refractivity (Wildman–Crippen MR) is 144 cm³/mol. The zero-order valence-corrected chi connectivity index (χ0v) is 23.2. The number of rotatable bonds is 17. The zero-order valence-electron chi connectivity index (χ0n) is 23.2. The van der Waals surface area contributed by atoms with Crippen molar-refractivity contribution in [1.82, 2.24) is 0 Å². The molecule has 0 bridgehead atoms. The van der Waals surface area contributed by atoms with Crippen molar-refractivity contribution in [2.24, 2.45) is 0 Å². The van der Waals surface area contributed by atoms with Crippen molar-refractivity contribution < 1.29 is 38.3 Å². The molecule has 8 heteroatoms. The summed E-state index contributed by atoms with van der Waals surface area (Å²) in [6, 6.07) is 15.3. The normalized spacial score (nSPS) is 23.3. The number of methoxy groups -OCH3 is 2. The van der Waals surface area contributed by atoms with E-state index in [-0.39, 0.29) is 6.61 Å². The molecule has 0 amide bonds. The Kier molecular flexibility index (Phi) is 13.3. The number of aliphatic hydroxyl groups excluding tert-OH is 1. The SMILES string of the molecule is CCCCOCC1O[C@@H](O)[C@@H](OCc2ccc(OC)cc2)C(OCc2ccc(OC)cc2)[C@H]1OCCCC. The van der Waals surface area contributed by atoms with Crippen LogP contribution in [0.15, 0.2) is 48.5 Å². The molecule has 8 nitrogen and oxygen atoms in total. The maximum Gasteiger partial charge on any atom is 0.184 e. The number of benzene rings is 2. The topological polar surface area (TPSA) is 84.8 Å². The van der Waals surface area contributed by atoms with Crippen LogP contribution >= 0.6 is 0 Å². The highest BCUT2D eigenvalue weighted by molar-refractivity contribution is 5.27. The fourth-order valence-electron chi connectivity index (χ4n) is 4.24. The van der Waals surface area contributed by atoms with Gasteiger partial charge in [-0.05, 0) is 48.2 Å².